The number of hydrogen-bond donors (Lipinski definition) is 3. The molecule has 3 N–H and O–H groups in total. The fraction of sp³-hybridized carbons (Fsp3) is 0.0800. The number of halogens is 2. The van der Waals surface area contributed by atoms with Gasteiger partial charge in [0.05, 0.1) is 5.52 Å². The van der Waals surface area contributed by atoms with Gasteiger partial charge in [-0.25, -0.2) is 4.68 Å². The van der Waals surface area contributed by atoms with E-state index in [2.05, 4.69) is 32.0 Å². The number of aryl methyl sites for hydroxylation is 2. The van der Waals surface area contributed by atoms with Crippen LogP contribution in [0.1, 0.15) is 21.6 Å². The summed E-state index contributed by atoms with van der Waals surface area (Å²) in [5.74, 6) is -2.23. The lowest BCUT2D eigenvalue weighted by molar-refractivity contribution is -0.133. The molecular weight excluding hydrogens is 520 g/mol. The Morgan fingerprint density at radius 3 is 2.21 bits per heavy atom. The van der Waals surface area contributed by atoms with Gasteiger partial charge in [0.15, 0.2) is 0 Å². The number of aromatic nitrogens is 1. The molecule has 4 rings (SSSR count). The number of para-hydroxylation sites is 1. The van der Waals surface area contributed by atoms with Crippen LogP contribution in [0, 0.1) is 13.8 Å². The first-order valence-corrected chi connectivity index (χ1v) is 11.5. The van der Waals surface area contributed by atoms with Crippen molar-refractivity contribution in [3.05, 3.63) is 93.0 Å². The van der Waals surface area contributed by atoms with E-state index in [0.717, 1.165) is 15.6 Å². The summed E-state index contributed by atoms with van der Waals surface area (Å²) in [7, 11) is 0. The van der Waals surface area contributed by atoms with Crippen LogP contribution in [0.25, 0.3) is 10.9 Å². The molecule has 0 bridgehead atoms. The second-order valence-corrected chi connectivity index (χ2v) is 9.04. The molecular formula is C25H20BrClN4O3. The van der Waals surface area contributed by atoms with Gasteiger partial charge in [-0.1, -0.05) is 45.7 Å². The van der Waals surface area contributed by atoms with Gasteiger partial charge in [0.2, 0.25) is 0 Å². The Morgan fingerprint density at radius 1 is 0.853 bits per heavy atom. The highest BCUT2D eigenvalue weighted by Crippen LogP contribution is 2.24. The van der Waals surface area contributed by atoms with Crippen molar-refractivity contribution in [3.8, 4) is 0 Å². The molecule has 3 amide bonds. The predicted molar refractivity (Wildman–Crippen MR) is 138 cm³/mol. The third kappa shape index (κ3) is 4.98. The van der Waals surface area contributed by atoms with Gasteiger partial charge in [-0.05, 0) is 73.5 Å². The van der Waals surface area contributed by atoms with Gasteiger partial charge in [0.25, 0.3) is 5.91 Å². The SMILES string of the molecule is Cc1cccc(C)c1NC(=O)C(=O)Nn1c(C(=O)Nc2ccc(Cl)cc2)cc2cc(Br)ccc21. The molecule has 0 aliphatic rings. The summed E-state index contributed by atoms with van der Waals surface area (Å²) < 4.78 is 2.11. The molecule has 0 atom stereocenters. The predicted octanol–water partition coefficient (Wildman–Crippen LogP) is 5.64. The summed E-state index contributed by atoms with van der Waals surface area (Å²) in [6.07, 6.45) is 0. The summed E-state index contributed by atoms with van der Waals surface area (Å²) in [4.78, 5) is 38.6. The van der Waals surface area contributed by atoms with E-state index in [1.165, 1.54) is 4.68 Å². The maximum absolute atomic E-state index is 13.1. The number of amides is 3. The highest BCUT2D eigenvalue weighted by molar-refractivity contribution is 9.10. The standard InChI is InChI=1S/C25H20BrClN4O3/c1-14-4-3-5-15(2)22(14)29-24(33)25(34)30-31-20-11-6-17(26)12-16(20)13-21(31)23(32)28-19-9-7-18(27)8-10-19/h3-13H,1-2H3,(H,28,32)(H,29,33)(H,30,34). The highest BCUT2D eigenvalue weighted by atomic mass is 79.9. The van der Waals surface area contributed by atoms with Crippen molar-refractivity contribution in [2.45, 2.75) is 13.8 Å². The number of benzene rings is 3. The van der Waals surface area contributed by atoms with Gasteiger partial charge in [0.1, 0.15) is 5.69 Å². The van der Waals surface area contributed by atoms with Gasteiger partial charge in [-0.2, -0.15) is 0 Å². The molecule has 0 spiro atoms. The first-order chi connectivity index (χ1) is 16.2. The second-order valence-electron chi connectivity index (χ2n) is 7.69. The quantitative estimate of drug-likeness (QED) is 0.293. The largest absolute Gasteiger partial charge is 0.328 e. The third-order valence-electron chi connectivity index (χ3n) is 5.24. The Morgan fingerprint density at radius 2 is 1.53 bits per heavy atom. The van der Waals surface area contributed by atoms with Crippen molar-refractivity contribution >= 4 is 67.5 Å². The lowest BCUT2D eigenvalue weighted by Gasteiger charge is -2.14. The topological polar surface area (TPSA) is 92.2 Å². The van der Waals surface area contributed by atoms with Crippen LogP contribution in [0.5, 0.6) is 0 Å². The zero-order valence-electron chi connectivity index (χ0n) is 18.3. The van der Waals surface area contributed by atoms with E-state index >= 15 is 0 Å². The first-order valence-electron chi connectivity index (χ1n) is 10.3. The van der Waals surface area contributed by atoms with Gasteiger partial charge in [0, 0.05) is 26.3 Å². The van der Waals surface area contributed by atoms with Crippen molar-refractivity contribution in [1.82, 2.24) is 4.68 Å². The first kappa shape index (κ1) is 23.5. The molecule has 0 aliphatic heterocycles. The number of nitrogens with one attached hydrogen (secondary N) is 3. The third-order valence-corrected chi connectivity index (χ3v) is 5.98. The molecule has 4 aromatic rings. The highest BCUT2D eigenvalue weighted by Gasteiger charge is 2.22. The number of fused-ring (bicyclic) bond motifs is 1. The summed E-state index contributed by atoms with van der Waals surface area (Å²) in [6.45, 7) is 3.69. The molecule has 0 saturated heterocycles. The van der Waals surface area contributed by atoms with Crippen LogP contribution in [0.15, 0.2) is 71.2 Å². The smallest absolute Gasteiger partial charge is 0.321 e. The fourth-order valence-electron chi connectivity index (χ4n) is 3.54. The van der Waals surface area contributed by atoms with Gasteiger partial charge < -0.3 is 10.6 Å². The number of anilines is 2. The molecule has 3 aromatic carbocycles. The van der Waals surface area contributed by atoms with E-state index in [4.69, 9.17) is 11.6 Å². The number of rotatable bonds is 4. The number of carbonyl (C=O) groups excluding carboxylic acids is 3. The van der Waals surface area contributed by atoms with Gasteiger partial charge >= 0.3 is 11.8 Å². The van der Waals surface area contributed by atoms with Crippen molar-refractivity contribution < 1.29 is 14.4 Å². The fourth-order valence-corrected chi connectivity index (χ4v) is 4.04. The van der Waals surface area contributed by atoms with Crippen LogP contribution in [0.2, 0.25) is 5.02 Å². The Balaban J connectivity index is 1.64. The second kappa shape index (κ2) is 9.70. The van der Waals surface area contributed by atoms with Crippen molar-refractivity contribution in [2.24, 2.45) is 0 Å². The molecule has 0 fully saturated rings. The number of carbonyl (C=O) groups is 3. The van der Waals surface area contributed by atoms with Crippen LogP contribution in [0.4, 0.5) is 11.4 Å². The van der Waals surface area contributed by atoms with E-state index in [0.29, 0.717) is 27.3 Å². The summed E-state index contributed by atoms with van der Waals surface area (Å²) in [5, 5.41) is 6.67. The summed E-state index contributed by atoms with van der Waals surface area (Å²) in [6, 6.07) is 19.2. The van der Waals surface area contributed by atoms with E-state index in [-0.39, 0.29) is 5.69 Å². The molecule has 0 saturated carbocycles. The molecule has 172 valence electrons. The maximum atomic E-state index is 13.1. The molecule has 7 nitrogen and oxygen atoms in total. The average molecular weight is 540 g/mol. The lowest BCUT2D eigenvalue weighted by Crippen LogP contribution is -2.36. The minimum absolute atomic E-state index is 0.149. The van der Waals surface area contributed by atoms with Crippen LogP contribution < -0.4 is 16.1 Å². The molecule has 1 aromatic heterocycles. The molecule has 0 unspecified atom stereocenters. The van der Waals surface area contributed by atoms with Crippen LogP contribution in [0.3, 0.4) is 0 Å². The van der Waals surface area contributed by atoms with E-state index in [1.54, 1.807) is 42.5 Å². The Labute approximate surface area is 209 Å². The lowest BCUT2D eigenvalue weighted by atomic mass is 10.1. The molecule has 0 aliphatic carbocycles. The Hall–Kier alpha value is -3.62. The Kier molecular flexibility index (Phi) is 6.72. The summed E-state index contributed by atoms with van der Waals surface area (Å²) >= 11 is 9.33. The zero-order valence-corrected chi connectivity index (χ0v) is 20.6. The minimum Gasteiger partial charge on any atom is -0.321 e. The Bertz CT molecular complexity index is 1410. The van der Waals surface area contributed by atoms with E-state index in [9.17, 15) is 14.4 Å². The number of nitrogens with zero attached hydrogens (tertiary/aromatic N) is 1. The number of hydrogen-bond acceptors (Lipinski definition) is 3. The van der Waals surface area contributed by atoms with Gasteiger partial charge in [-0.15, -0.1) is 0 Å². The maximum Gasteiger partial charge on any atom is 0.328 e. The minimum atomic E-state index is -0.913. The van der Waals surface area contributed by atoms with Crippen LogP contribution in [-0.4, -0.2) is 22.4 Å². The van der Waals surface area contributed by atoms with E-state index < -0.39 is 17.7 Å². The van der Waals surface area contributed by atoms with Crippen LogP contribution >= 0.6 is 27.5 Å². The molecule has 0 radical (unpaired) electrons. The molecule has 9 heteroatoms. The van der Waals surface area contributed by atoms with Gasteiger partial charge in [-0.3, -0.25) is 19.8 Å². The van der Waals surface area contributed by atoms with Crippen LogP contribution in [-0.2, 0) is 9.59 Å². The van der Waals surface area contributed by atoms with Crippen molar-refractivity contribution in [3.63, 3.8) is 0 Å². The average Bonchev–Trinajstić information content (AvgIpc) is 3.15. The zero-order chi connectivity index (χ0) is 24.4. The van der Waals surface area contributed by atoms with E-state index in [1.807, 2.05) is 38.1 Å². The van der Waals surface area contributed by atoms with Crippen molar-refractivity contribution in [2.75, 3.05) is 16.1 Å². The molecule has 34 heavy (non-hydrogen) atoms. The normalized spacial score (nSPS) is 10.7. The summed E-state index contributed by atoms with van der Waals surface area (Å²) in [5.41, 5.74) is 6.03. The monoisotopic (exact) mass is 538 g/mol. The molecule has 1 heterocycles. The van der Waals surface area contributed by atoms with Crippen molar-refractivity contribution in [1.29, 1.82) is 0 Å².